The number of nitrogens with one attached hydrogen (secondary N) is 1. The van der Waals surface area contributed by atoms with Crippen molar-refractivity contribution in [3.05, 3.63) is 64.3 Å². The summed E-state index contributed by atoms with van der Waals surface area (Å²) in [5, 5.41) is 3.33. The number of amides is 1. The molecule has 1 saturated carbocycles. The maximum absolute atomic E-state index is 13.0. The highest BCUT2D eigenvalue weighted by molar-refractivity contribution is 6.32. The zero-order chi connectivity index (χ0) is 23.7. The Kier molecular flexibility index (Phi) is 6.19. The van der Waals surface area contributed by atoms with Gasteiger partial charge in [-0.2, -0.15) is 4.98 Å². The number of halogens is 1. The van der Waals surface area contributed by atoms with Crippen LogP contribution >= 0.6 is 11.6 Å². The monoisotopic (exact) mass is 480 g/mol. The van der Waals surface area contributed by atoms with Crippen LogP contribution in [0, 0.1) is 18.8 Å². The van der Waals surface area contributed by atoms with Gasteiger partial charge in [0.1, 0.15) is 17.9 Å². The molecule has 1 aliphatic carbocycles. The Hall–Kier alpha value is -3.46. The van der Waals surface area contributed by atoms with Crippen molar-refractivity contribution in [1.82, 2.24) is 25.3 Å². The average Bonchev–Trinajstić information content (AvgIpc) is 3.46. The summed E-state index contributed by atoms with van der Waals surface area (Å²) in [6.45, 7) is 4.16. The molecule has 9 nitrogen and oxygen atoms in total. The highest BCUT2D eigenvalue weighted by Crippen LogP contribution is 2.45. The minimum atomic E-state index is -0.346. The van der Waals surface area contributed by atoms with Crippen LogP contribution in [0.25, 0.3) is 0 Å². The molecule has 176 valence electrons. The van der Waals surface area contributed by atoms with Crippen LogP contribution in [0.2, 0.25) is 5.02 Å². The number of aryl methyl sites for hydroxylation is 1. The summed E-state index contributed by atoms with van der Waals surface area (Å²) in [7, 11) is 1.56. The van der Waals surface area contributed by atoms with E-state index in [1.807, 2.05) is 13.0 Å². The first kappa shape index (κ1) is 22.3. The van der Waals surface area contributed by atoms with E-state index < -0.39 is 0 Å². The van der Waals surface area contributed by atoms with Gasteiger partial charge in [0.25, 0.3) is 5.91 Å². The van der Waals surface area contributed by atoms with Gasteiger partial charge in [-0.25, -0.2) is 4.98 Å². The number of hydrogen-bond acceptors (Lipinski definition) is 8. The molecular weight excluding hydrogens is 456 g/mol. The Morgan fingerprint density at radius 1 is 1.18 bits per heavy atom. The average molecular weight is 481 g/mol. The summed E-state index contributed by atoms with van der Waals surface area (Å²) >= 11 is 6.24. The second kappa shape index (κ2) is 9.42. The molecule has 10 heteroatoms. The number of rotatable bonds is 8. The van der Waals surface area contributed by atoms with Crippen LogP contribution in [0.4, 0.5) is 5.95 Å². The lowest BCUT2D eigenvalue weighted by Crippen LogP contribution is -2.27. The van der Waals surface area contributed by atoms with Crippen molar-refractivity contribution >= 4 is 23.5 Å². The van der Waals surface area contributed by atoms with Crippen molar-refractivity contribution in [2.24, 2.45) is 11.8 Å². The number of carbonyl (C=O) groups is 1. The van der Waals surface area contributed by atoms with Crippen LogP contribution in [-0.2, 0) is 13.2 Å². The number of nitrogens with zero attached hydrogens (tertiary/aromatic N) is 5. The summed E-state index contributed by atoms with van der Waals surface area (Å²) < 4.78 is 11.2. The van der Waals surface area contributed by atoms with Gasteiger partial charge in [0.05, 0.1) is 36.3 Å². The zero-order valence-electron chi connectivity index (χ0n) is 19.0. The second-order valence-electron chi connectivity index (χ2n) is 8.64. The van der Waals surface area contributed by atoms with Gasteiger partial charge in [0, 0.05) is 25.5 Å². The molecule has 1 aromatic carbocycles. The highest BCUT2D eigenvalue weighted by Gasteiger charge is 2.46. The topological polar surface area (TPSA) is 102 Å². The molecular formula is C24H25ClN6O3. The van der Waals surface area contributed by atoms with Crippen LogP contribution in [0.5, 0.6) is 11.6 Å². The Balaban J connectivity index is 1.34. The number of aromatic nitrogens is 4. The standard InChI is InChI=1S/C24H25ClN6O3/c1-14-7-27-18(8-26-14)9-28-22(32)19-10-29-24(31-11-16-6-17(16)12-31)30-23(19)34-13-15-3-4-21(33-2)20(25)5-15/h3-5,7-8,10,16-17H,6,9,11-13H2,1-2H3,(H,28,32)/t16-,17?/m1/s1. The first-order valence-electron chi connectivity index (χ1n) is 11.1. The van der Waals surface area contributed by atoms with Gasteiger partial charge >= 0.3 is 0 Å². The van der Waals surface area contributed by atoms with Gasteiger partial charge in [0.15, 0.2) is 0 Å². The van der Waals surface area contributed by atoms with Gasteiger partial charge in [-0.3, -0.25) is 14.8 Å². The number of piperidine rings is 1. The first-order chi connectivity index (χ1) is 16.5. The molecule has 3 aromatic rings. The SMILES string of the molecule is COc1ccc(COc2nc(N3CC4C[C@@H]4C3)ncc2C(=O)NCc2cnc(C)cn2)cc1Cl. The summed E-state index contributed by atoms with van der Waals surface area (Å²) in [5.41, 5.74) is 2.55. The molecule has 0 radical (unpaired) electrons. The van der Waals surface area contributed by atoms with Gasteiger partial charge in [0.2, 0.25) is 11.8 Å². The summed E-state index contributed by atoms with van der Waals surface area (Å²) in [6.07, 6.45) is 6.10. The van der Waals surface area contributed by atoms with E-state index in [4.69, 9.17) is 21.1 Å². The van der Waals surface area contributed by atoms with E-state index in [2.05, 4.69) is 30.2 Å². The van der Waals surface area contributed by atoms with E-state index >= 15 is 0 Å². The third-order valence-corrected chi connectivity index (χ3v) is 6.40. The number of anilines is 1. The molecule has 1 unspecified atom stereocenters. The number of hydrogen-bond donors (Lipinski definition) is 1. The van der Waals surface area contributed by atoms with E-state index in [1.165, 1.54) is 12.6 Å². The van der Waals surface area contributed by atoms with Gasteiger partial charge < -0.3 is 19.7 Å². The minimum absolute atomic E-state index is 0.190. The Bertz CT molecular complexity index is 1200. The fourth-order valence-electron chi connectivity index (χ4n) is 4.07. The number of ether oxygens (including phenoxy) is 2. The number of methoxy groups -OCH3 is 1. The van der Waals surface area contributed by atoms with Crippen molar-refractivity contribution in [3.8, 4) is 11.6 Å². The fraction of sp³-hybridized carbons (Fsp3) is 0.375. The third-order valence-electron chi connectivity index (χ3n) is 6.10. The van der Waals surface area contributed by atoms with E-state index in [0.717, 1.165) is 36.2 Å². The third kappa shape index (κ3) is 4.89. The highest BCUT2D eigenvalue weighted by atomic mass is 35.5. The molecule has 2 fully saturated rings. The molecule has 0 bridgehead atoms. The molecule has 2 aromatic heterocycles. The summed E-state index contributed by atoms with van der Waals surface area (Å²) in [4.78, 5) is 32.7. The predicted octanol–water partition coefficient (Wildman–Crippen LogP) is 3.20. The van der Waals surface area contributed by atoms with Crippen LogP contribution in [0.3, 0.4) is 0 Å². The number of benzene rings is 1. The van der Waals surface area contributed by atoms with Crippen LogP contribution in [-0.4, -0.2) is 46.0 Å². The van der Waals surface area contributed by atoms with Crippen molar-refractivity contribution in [3.63, 3.8) is 0 Å². The smallest absolute Gasteiger partial charge is 0.258 e. The maximum atomic E-state index is 13.0. The molecule has 1 N–H and O–H groups in total. The molecule has 34 heavy (non-hydrogen) atoms. The van der Waals surface area contributed by atoms with E-state index in [9.17, 15) is 4.79 Å². The molecule has 1 aliphatic heterocycles. The lowest BCUT2D eigenvalue weighted by Gasteiger charge is -2.19. The van der Waals surface area contributed by atoms with Crippen molar-refractivity contribution < 1.29 is 14.3 Å². The molecule has 1 saturated heterocycles. The number of carbonyl (C=O) groups excluding carboxylic acids is 1. The quantitative estimate of drug-likeness (QED) is 0.524. The van der Waals surface area contributed by atoms with Gasteiger partial charge in [-0.15, -0.1) is 0 Å². The largest absolute Gasteiger partial charge is 0.495 e. The first-order valence-corrected chi connectivity index (χ1v) is 11.5. The van der Waals surface area contributed by atoms with Crippen molar-refractivity contribution in [2.45, 2.75) is 26.5 Å². The lowest BCUT2D eigenvalue weighted by molar-refractivity contribution is 0.0944. The van der Waals surface area contributed by atoms with Gasteiger partial charge in [-0.05, 0) is 42.9 Å². The second-order valence-corrected chi connectivity index (χ2v) is 9.05. The minimum Gasteiger partial charge on any atom is -0.495 e. The maximum Gasteiger partial charge on any atom is 0.258 e. The molecule has 2 aliphatic rings. The summed E-state index contributed by atoms with van der Waals surface area (Å²) in [6, 6.07) is 5.40. The predicted molar refractivity (Wildman–Crippen MR) is 126 cm³/mol. The fourth-order valence-corrected chi connectivity index (χ4v) is 4.35. The Morgan fingerprint density at radius 3 is 2.71 bits per heavy atom. The van der Waals surface area contributed by atoms with Crippen LogP contribution < -0.4 is 19.7 Å². The Morgan fingerprint density at radius 2 is 2.00 bits per heavy atom. The normalized spacial score (nSPS) is 18.4. The van der Waals surface area contributed by atoms with Crippen LogP contribution in [0.15, 0.2) is 36.8 Å². The zero-order valence-corrected chi connectivity index (χ0v) is 19.7. The van der Waals surface area contributed by atoms with E-state index in [1.54, 1.807) is 31.6 Å². The molecule has 1 amide bonds. The molecule has 3 heterocycles. The Labute approximate surface area is 202 Å². The van der Waals surface area contributed by atoms with E-state index in [0.29, 0.717) is 22.4 Å². The molecule has 2 atom stereocenters. The molecule has 5 rings (SSSR count). The van der Waals surface area contributed by atoms with E-state index in [-0.39, 0.29) is 30.5 Å². The van der Waals surface area contributed by atoms with Crippen molar-refractivity contribution in [1.29, 1.82) is 0 Å². The van der Waals surface area contributed by atoms with Gasteiger partial charge in [-0.1, -0.05) is 17.7 Å². The van der Waals surface area contributed by atoms with Crippen molar-refractivity contribution in [2.75, 3.05) is 25.1 Å². The summed E-state index contributed by atoms with van der Waals surface area (Å²) in [5.74, 6) is 2.50. The molecule has 0 spiro atoms. The van der Waals surface area contributed by atoms with Crippen LogP contribution in [0.1, 0.15) is 33.7 Å². The number of fused-ring (bicyclic) bond motifs is 1. The lowest BCUT2D eigenvalue weighted by atomic mass is 10.2.